The Bertz CT molecular complexity index is 302. The molecule has 0 aliphatic heterocycles. The van der Waals surface area contributed by atoms with Gasteiger partial charge in [0.2, 0.25) is 0 Å². The summed E-state index contributed by atoms with van der Waals surface area (Å²) in [7, 11) is 0. The number of hydrogen-bond acceptors (Lipinski definition) is 1. The molecule has 0 heterocycles. The fourth-order valence-corrected chi connectivity index (χ4v) is 2.45. The summed E-state index contributed by atoms with van der Waals surface area (Å²) in [5.74, 6) is 0.885. The van der Waals surface area contributed by atoms with Crippen LogP contribution < -0.4 is 5.73 Å². The summed E-state index contributed by atoms with van der Waals surface area (Å²) in [5, 5.41) is 0. The summed E-state index contributed by atoms with van der Waals surface area (Å²) in [5.41, 5.74) is 8.23. The van der Waals surface area contributed by atoms with E-state index in [9.17, 15) is 0 Å². The second-order valence-corrected chi connectivity index (χ2v) is 5.32. The highest BCUT2D eigenvalue weighted by Gasteiger charge is 2.22. The van der Waals surface area contributed by atoms with Crippen LogP contribution in [0, 0.1) is 11.8 Å². The van der Waals surface area contributed by atoms with Crippen LogP contribution in [0.1, 0.15) is 33.1 Å². The van der Waals surface area contributed by atoms with Gasteiger partial charge < -0.3 is 5.73 Å². The van der Waals surface area contributed by atoms with Crippen molar-refractivity contribution in [2.75, 3.05) is 0 Å². The van der Waals surface area contributed by atoms with Crippen molar-refractivity contribution in [3.8, 4) is 0 Å². The SMILES string of the molecule is C=C(C(C)CCC)C1CC(Br)=CC=C1N. The lowest BCUT2D eigenvalue weighted by molar-refractivity contribution is 0.529. The van der Waals surface area contributed by atoms with Crippen LogP contribution in [0.5, 0.6) is 0 Å². The molecule has 1 aliphatic carbocycles. The minimum Gasteiger partial charge on any atom is -0.402 e. The molecule has 0 fully saturated rings. The maximum Gasteiger partial charge on any atom is 0.0239 e. The first-order valence-electron chi connectivity index (χ1n) is 5.56. The minimum atomic E-state index is 0.325. The minimum absolute atomic E-state index is 0.325. The molecule has 0 radical (unpaired) electrons. The standard InChI is InChI=1S/C13H20BrN/c1-4-5-9(2)10(3)12-8-11(14)6-7-13(12)15/h6-7,9,12H,3-5,8,15H2,1-2H3. The van der Waals surface area contributed by atoms with Gasteiger partial charge in [0.1, 0.15) is 0 Å². The summed E-state index contributed by atoms with van der Waals surface area (Å²) >= 11 is 3.53. The van der Waals surface area contributed by atoms with E-state index in [-0.39, 0.29) is 0 Å². The quantitative estimate of drug-likeness (QED) is 0.764. The number of rotatable bonds is 4. The highest BCUT2D eigenvalue weighted by molar-refractivity contribution is 9.11. The molecule has 0 bridgehead atoms. The van der Waals surface area contributed by atoms with Gasteiger partial charge in [-0.05, 0) is 29.3 Å². The van der Waals surface area contributed by atoms with Gasteiger partial charge in [-0.3, -0.25) is 0 Å². The summed E-state index contributed by atoms with van der Waals surface area (Å²) in [6, 6.07) is 0. The smallest absolute Gasteiger partial charge is 0.0239 e. The predicted molar refractivity (Wildman–Crippen MR) is 70.6 cm³/mol. The van der Waals surface area contributed by atoms with Gasteiger partial charge in [-0.25, -0.2) is 0 Å². The molecule has 15 heavy (non-hydrogen) atoms. The summed E-state index contributed by atoms with van der Waals surface area (Å²) < 4.78 is 1.21. The Labute approximate surface area is 101 Å². The maximum absolute atomic E-state index is 6.01. The number of allylic oxidation sites excluding steroid dienone is 4. The van der Waals surface area contributed by atoms with Crippen molar-refractivity contribution in [3.05, 3.63) is 34.5 Å². The van der Waals surface area contributed by atoms with Crippen LogP contribution in [0.4, 0.5) is 0 Å². The fraction of sp³-hybridized carbons (Fsp3) is 0.538. The molecule has 2 N–H and O–H groups in total. The molecule has 0 aromatic rings. The van der Waals surface area contributed by atoms with Crippen LogP contribution in [0.25, 0.3) is 0 Å². The highest BCUT2D eigenvalue weighted by atomic mass is 79.9. The Balaban J connectivity index is 2.69. The average Bonchev–Trinajstić information content (AvgIpc) is 2.21. The molecule has 0 saturated carbocycles. The molecule has 84 valence electrons. The van der Waals surface area contributed by atoms with Gasteiger partial charge in [0, 0.05) is 11.6 Å². The van der Waals surface area contributed by atoms with Crippen molar-refractivity contribution >= 4 is 15.9 Å². The van der Waals surface area contributed by atoms with E-state index in [1.807, 2.05) is 12.2 Å². The molecule has 2 heteroatoms. The molecule has 1 rings (SSSR count). The molecule has 0 aromatic carbocycles. The lowest BCUT2D eigenvalue weighted by Gasteiger charge is -2.26. The van der Waals surface area contributed by atoms with Gasteiger partial charge >= 0.3 is 0 Å². The van der Waals surface area contributed by atoms with Crippen molar-refractivity contribution < 1.29 is 0 Å². The third-order valence-electron chi connectivity index (χ3n) is 3.06. The van der Waals surface area contributed by atoms with Gasteiger partial charge in [0.25, 0.3) is 0 Å². The van der Waals surface area contributed by atoms with Crippen LogP contribution in [0.2, 0.25) is 0 Å². The summed E-state index contributed by atoms with van der Waals surface area (Å²) in [6.07, 6.45) is 7.39. The third kappa shape index (κ3) is 3.23. The largest absolute Gasteiger partial charge is 0.402 e. The van der Waals surface area contributed by atoms with Crippen LogP contribution in [-0.4, -0.2) is 0 Å². The highest BCUT2D eigenvalue weighted by Crippen LogP contribution is 2.34. The molecular weight excluding hydrogens is 250 g/mol. The lowest BCUT2D eigenvalue weighted by Crippen LogP contribution is -2.19. The first-order valence-corrected chi connectivity index (χ1v) is 6.36. The Hall–Kier alpha value is -0.500. The van der Waals surface area contributed by atoms with E-state index in [1.54, 1.807) is 0 Å². The van der Waals surface area contributed by atoms with Crippen LogP contribution in [-0.2, 0) is 0 Å². The topological polar surface area (TPSA) is 26.0 Å². The monoisotopic (exact) mass is 269 g/mol. The molecule has 2 atom stereocenters. The first kappa shape index (κ1) is 12.6. The molecular formula is C13H20BrN. The Morgan fingerprint density at radius 1 is 1.67 bits per heavy atom. The summed E-state index contributed by atoms with van der Waals surface area (Å²) in [4.78, 5) is 0. The lowest BCUT2D eigenvalue weighted by atomic mass is 9.82. The van der Waals surface area contributed by atoms with E-state index >= 15 is 0 Å². The van der Waals surface area contributed by atoms with Crippen LogP contribution >= 0.6 is 15.9 Å². The second-order valence-electron chi connectivity index (χ2n) is 4.30. The van der Waals surface area contributed by atoms with Crippen molar-refractivity contribution in [1.29, 1.82) is 0 Å². The van der Waals surface area contributed by atoms with Crippen molar-refractivity contribution in [1.82, 2.24) is 0 Å². The van der Waals surface area contributed by atoms with Gasteiger partial charge in [-0.1, -0.05) is 54.4 Å². The van der Waals surface area contributed by atoms with E-state index in [2.05, 4.69) is 36.4 Å². The van der Waals surface area contributed by atoms with Crippen LogP contribution in [0.15, 0.2) is 34.5 Å². The molecule has 0 spiro atoms. The first-order chi connectivity index (χ1) is 7.06. The molecule has 0 aromatic heterocycles. The number of halogens is 1. The van der Waals surface area contributed by atoms with Gasteiger partial charge in [-0.2, -0.15) is 0 Å². The van der Waals surface area contributed by atoms with E-state index in [4.69, 9.17) is 5.73 Å². The number of hydrogen-bond donors (Lipinski definition) is 1. The molecule has 1 nitrogen and oxygen atoms in total. The van der Waals surface area contributed by atoms with Crippen LogP contribution in [0.3, 0.4) is 0 Å². The Kier molecular flexibility index (Phi) is 4.65. The second kappa shape index (κ2) is 5.55. The Morgan fingerprint density at radius 2 is 2.33 bits per heavy atom. The molecule has 0 saturated heterocycles. The third-order valence-corrected chi connectivity index (χ3v) is 3.65. The van der Waals surface area contributed by atoms with E-state index < -0.39 is 0 Å². The number of nitrogens with two attached hydrogens (primary N) is 1. The average molecular weight is 270 g/mol. The molecule has 2 unspecified atom stereocenters. The van der Waals surface area contributed by atoms with Crippen molar-refractivity contribution in [3.63, 3.8) is 0 Å². The zero-order valence-corrected chi connectivity index (χ0v) is 11.2. The maximum atomic E-state index is 6.01. The van der Waals surface area contributed by atoms with Crippen molar-refractivity contribution in [2.45, 2.75) is 33.1 Å². The normalized spacial score (nSPS) is 23.0. The van der Waals surface area contributed by atoms with E-state index in [0.717, 1.165) is 12.1 Å². The van der Waals surface area contributed by atoms with Crippen molar-refractivity contribution in [2.24, 2.45) is 17.6 Å². The molecule has 1 aliphatic rings. The predicted octanol–water partition coefficient (Wildman–Crippen LogP) is 4.12. The van der Waals surface area contributed by atoms with Gasteiger partial charge in [-0.15, -0.1) is 0 Å². The fourth-order valence-electron chi connectivity index (χ4n) is 1.99. The van der Waals surface area contributed by atoms with E-state index in [0.29, 0.717) is 11.8 Å². The van der Waals surface area contributed by atoms with E-state index in [1.165, 1.54) is 22.9 Å². The van der Waals surface area contributed by atoms with Gasteiger partial charge in [0.15, 0.2) is 0 Å². The Morgan fingerprint density at radius 3 is 2.93 bits per heavy atom. The zero-order valence-electron chi connectivity index (χ0n) is 9.59. The summed E-state index contributed by atoms with van der Waals surface area (Å²) in [6.45, 7) is 8.66. The van der Waals surface area contributed by atoms with Gasteiger partial charge in [0.05, 0.1) is 0 Å². The zero-order chi connectivity index (χ0) is 11.4. The molecule has 0 amide bonds.